The molecule has 33 heavy (non-hydrogen) atoms. The molecule has 7 heteroatoms. The highest BCUT2D eigenvalue weighted by molar-refractivity contribution is 5.84. The summed E-state index contributed by atoms with van der Waals surface area (Å²) in [5, 5.41) is 0. The molecular weight excluding hydrogens is 416 g/mol. The molecule has 3 saturated heterocycles. The lowest BCUT2D eigenvalue weighted by Crippen LogP contribution is -2.59. The molecule has 0 aromatic rings. The van der Waals surface area contributed by atoms with E-state index in [4.69, 9.17) is 0 Å². The summed E-state index contributed by atoms with van der Waals surface area (Å²) in [6.45, 7) is 5.87. The molecule has 0 spiro atoms. The molecule has 7 fully saturated rings. The van der Waals surface area contributed by atoms with Crippen molar-refractivity contribution < 1.29 is 14.4 Å². The molecule has 4 bridgehead atoms. The summed E-state index contributed by atoms with van der Waals surface area (Å²) in [6, 6.07) is 0.162. The van der Waals surface area contributed by atoms with E-state index in [0.29, 0.717) is 45.2 Å². The third-order valence-electron chi connectivity index (χ3n) is 9.86. The fraction of sp³-hybridized carbons (Fsp3) is 0.885. The molecule has 7 nitrogen and oxygen atoms in total. The smallest absolute Gasteiger partial charge is 0.319 e. The number of urea groups is 1. The zero-order valence-electron chi connectivity index (χ0n) is 20.1. The molecule has 0 N–H and O–H groups in total. The van der Waals surface area contributed by atoms with E-state index in [1.807, 2.05) is 14.7 Å². The molecule has 0 radical (unpaired) electrons. The first kappa shape index (κ1) is 21.7. The predicted octanol–water partition coefficient (Wildman–Crippen LogP) is 2.80. The monoisotopic (exact) mass is 456 g/mol. The number of rotatable bonds is 2. The average molecular weight is 457 g/mol. The number of nitrogens with zero attached hydrogens (tertiary/aromatic N) is 4. The lowest BCUT2D eigenvalue weighted by atomic mass is 9.49. The first-order valence-corrected chi connectivity index (χ1v) is 13.6. The van der Waals surface area contributed by atoms with Crippen LogP contribution in [0.15, 0.2) is 0 Å². The summed E-state index contributed by atoms with van der Waals surface area (Å²) in [4.78, 5) is 47.4. The van der Waals surface area contributed by atoms with Crippen LogP contribution in [-0.2, 0) is 9.59 Å². The summed E-state index contributed by atoms with van der Waals surface area (Å²) < 4.78 is 0. The third kappa shape index (κ3) is 3.93. The molecule has 0 aromatic carbocycles. The number of amides is 4. The van der Waals surface area contributed by atoms with Crippen molar-refractivity contribution in [3.05, 3.63) is 0 Å². The average Bonchev–Trinajstić information content (AvgIpc) is 3.37. The minimum atomic E-state index is -0.0738. The molecule has 3 aliphatic heterocycles. The quantitative estimate of drug-likeness (QED) is 0.642. The van der Waals surface area contributed by atoms with Gasteiger partial charge in [-0.15, -0.1) is 0 Å². The van der Waals surface area contributed by atoms with E-state index in [0.717, 1.165) is 75.8 Å². The fourth-order valence-electron chi connectivity index (χ4n) is 8.52. The van der Waals surface area contributed by atoms with E-state index in [1.165, 1.54) is 19.3 Å². The standard InChI is InChI=1S/C26H40N4O3/c31-23(22-3-7-30(8-4-22)25(33)29-5-1-2-6-29)27-9-11-28(12-10-27)24(32)26-16-19-13-20(17-26)15-21(14-19)18-26/h19-22H,1-18H2. The Labute approximate surface area is 197 Å². The Morgan fingerprint density at radius 2 is 1.06 bits per heavy atom. The second kappa shape index (κ2) is 8.46. The van der Waals surface area contributed by atoms with Crippen LogP contribution in [0.3, 0.4) is 0 Å². The Morgan fingerprint density at radius 1 is 0.576 bits per heavy atom. The topological polar surface area (TPSA) is 64.2 Å². The van der Waals surface area contributed by atoms with Crippen LogP contribution in [0, 0.1) is 29.1 Å². The highest BCUT2D eigenvalue weighted by Crippen LogP contribution is 2.60. The van der Waals surface area contributed by atoms with Crippen LogP contribution < -0.4 is 0 Å². The van der Waals surface area contributed by atoms with Crippen molar-refractivity contribution in [3.8, 4) is 0 Å². The van der Waals surface area contributed by atoms with Crippen LogP contribution in [0.25, 0.3) is 0 Å². The number of likely N-dealkylation sites (tertiary alicyclic amines) is 2. The van der Waals surface area contributed by atoms with Gasteiger partial charge in [-0.25, -0.2) is 4.79 Å². The van der Waals surface area contributed by atoms with E-state index < -0.39 is 0 Å². The molecule has 0 atom stereocenters. The minimum absolute atomic E-state index is 0.0260. The highest BCUT2D eigenvalue weighted by atomic mass is 16.2. The number of carbonyl (C=O) groups is 3. The molecule has 4 aliphatic carbocycles. The normalized spacial score (nSPS) is 36.5. The van der Waals surface area contributed by atoms with Gasteiger partial charge in [0, 0.05) is 58.3 Å². The molecule has 4 amide bonds. The third-order valence-corrected chi connectivity index (χ3v) is 9.86. The van der Waals surface area contributed by atoms with Gasteiger partial charge in [-0.05, 0) is 82.0 Å². The van der Waals surface area contributed by atoms with Gasteiger partial charge in [0.25, 0.3) is 0 Å². The van der Waals surface area contributed by atoms with Gasteiger partial charge in [-0.1, -0.05) is 0 Å². The second-order valence-electron chi connectivity index (χ2n) is 12.1. The second-order valence-corrected chi connectivity index (χ2v) is 12.1. The fourth-order valence-corrected chi connectivity index (χ4v) is 8.52. The van der Waals surface area contributed by atoms with Crippen molar-refractivity contribution >= 4 is 17.8 Å². The van der Waals surface area contributed by atoms with Gasteiger partial charge >= 0.3 is 6.03 Å². The van der Waals surface area contributed by atoms with Crippen LogP contribution >= 0.6 is 0 Å². The number of carbonyl (C=O) groups excluding carboxylic acids is 3. The molecule has 0 unspecified atom stereocenters. The predicted molar refractivity (Wildman–Crippen MR) is 124 cm³/mol. The molecule has 182 valence electrons. The van der Waals surface area contributed by atoms with Crippen LogP contribution in [0.2, 0.25) is 0 Å². The summed E-state index contributed by atoms with van der Waals surface area (Å²) in [7, 11) is 0. The zero-order valence-corrected chi connectivity index (χ0v) is 20.1. The van der Waals surface area contributed by atoms with Gasteiger partial charge in [0.05, 0.1) is 5.41 Å². The van der Waals surface area contributed by atoms with Gasteiger partial charge in [0.2, 0.25) is 11.8 Å². The van der Waals surface area contributed by atoms with Gasteiger partial charge in [-0.3, -0.25) is 9.59 Å². The van der Waals surface area contributed by atoms with E-state index in [9.17, 15) is 14.4 Å². The first-order valence-electron chi connectivity index (χ1n) is 13.6. The number of hydrogen-bond donors (Lipinski definition) is 0. The maximum atomic E-state index is 13.6. The Hall–Kier alpha value is -1.79. The highest BCUT2D eigenvalue weighted by Gasteiger charge is 2.55. The molecule has 0 aromatic heterocycles. The Kier molecular flexibility index (Phi) is 5.57. The zero-order chi connectivity index (χ0) is 22.6. The summed E-state index contributed by atoms with van der Waals surface area (Å²) in [6.07, 6.45) is 11.2. The first-order chi connectivity index (χ1) is 16.0. The number of piperazine rings is 1. The van der Waals surface area contributed by atoms with E-state index in [-0.39, 0.29) is 23.3 Å². The molecule has 7 aliphatic rings. The van der Waals surface area contributed by atoms with E-state index in [1.54, 1.807) is 0 Å². The van der Waals surface area contributed by atoms with Gasteiger partial charge < -0.3 is 19.6 Å². The van der Waals surface area contributed by atoms with Crippen molar-refractivity contribution in [3.63, 3.8) is 0 Å². The van der Waals surface area contributed by atoms with Crippen molar-refractivity contribution in [2.24, 2.45) is 29.1 Å². The summed E-state index contributed by atoms with van der Waals surface area (Å²) in [5.74, 6) is 3.02. The summed E-state index contributed by atoms with van der Waals surface area (Å²) >= 11 is 0. The minimum Gasteiger partial charge on any atom is -0.339 e. The molecule has 4 saturated carbocycles. The van der Waals surface area contributed by atoms with Gasteiger partial charge in [0.1, 0.15) is 0 Å². The summed E-state index contributed by atoms with van der Waals surface area (Å²) in [5.41, 5.74) is -0.0738. The van der Waals surface area contributed by atoms with Crippen molar-refractivity contribution in [1.29, 1.82) is 0 Å². The Morgan fingerprint density at radius 3 is 1.61 bits per heavy atom. The van der Waals surface area contributed by atoms with E-state index >= 15 is 0 Å². The Balaban J connectivity index is 0.995. The lowest BCUT2D eigenvalue weighted by molar-refractivity contribution is -0.161. The molecule has 7 rings (SSSR count). The molecule has 3 heterocycles. The Bertz CT molecular complexity index is 756. The van der Waals surface area contributed by atoms with Crippen molar-refractivity contribution in [2.45, 2.75) is 64.2 Å². The van der Waals surface area contributed by atoms with Crippen LogP contribution in [-0.4, -0.2) is 89.8 Å². The lowest BCUT2D eigenvalue weighted by Gasteiger charge is -2.57. The SMILES string of the molecule is O=C(C1CCN(C(=O)N2CCCC2)CC1)N1CCN(C(=O)C23CC4CC(CC(C4)C2)C3)CC1. The van der Waals surface area contributed by atoms with E-state index in [2.05, 4.69) is 4.90 Å². The largest absolute Gasteiger partial charge is 0.339 e. The number of piperidine rings is 1. The van der Waals surface area contributed by atoms with Crippen LogP contribution in [0.5, 0.6) is 0 Å². The van der Waals surface area contributed by atoms with Gasteiger partial charge in [0.15, 0.2) is 0 Å². The van der Waals surface area contributed by atoms with Crippen molar-refractivity contribution in [2.75, 3.05) is 52.4 Å². The van der Waals surface area contributed by atoms with Gasteiger partial charge in [-0.2, -0.15) is 0 Å². The molecular formula is C26H40N4O3. The maximum Gasteiger partial charge on any atom is 0.319 e. The number of hydrogen-bond acceptors (Lipinski definition) is 3. The van der Waals surface area contributed by atoms with Crippen LogP contribution in [0.1, 0.15) is 64.2 Å². The van der Waals surface area contributed by atoms with Crippen LogP contribution in [0.4, 0.5) is 4.79 Å². The maximum absolute atomic E-state index is 13.6. The van der Waals surface area contributed by atoms with Crippen molar-refractivity contribution in [1.82, 2.24) is 19.6 Å².